The average molecular weight is 310 g/mol. The third kappa shape index (κ3) is 4.10. The highest BCUT2D eigenvalue weighted by Gasteiger charge is 2.07. The molecule has 16 heavy (non-hydrogen) atoms. The Kier molecular flexibility index (Phi) is 5.22. The summed E-state index contributed by atoms with van der Waals surface area (Å²) >= 11 is 8.97. The highest BCUT2D eigenvalue weighted by molar-refractivity contribution is 9.10. The number of aryl methyl sites for hydroxylation is 1. The summed E-state index contributed by atoms with van der Waals surface area (Å²) in [4.78, 5) is 10.3. The maximum absolute atomic E-state index is 13.4. The summed E-state index contributed by atoms with van der Waals surface area (Å²) in [5, 5.41) is 8.91. The second kappa shape index (κ2) is 6.21. The van der Waals surface area contributed by atoms with E-state index in [1.807, 2.05) is 0 Å². The van der Waals surface area contributed by atoms with Gasteiger partial charge in [0.05, 0.1) is 5.02 Å². The molecule has 0 aliphatic heterocycles. The quantitative estimate of drug-likeness (QED) is 0.658. The van der Waals surface area contributed by atoms with E-state index in [9.17, 15) is 9.18 Å². The molecule has 0 spiro atoms. The van der Waals surface area contributed by atoms with Crippen molar-refractivity contribution < 1.29 is 14.3 Å². The number of carbonyl (C=O) groups is 1. The van der Waals surface area contributed by atoms with Crippen LogP contribution in [0.2, 0.25) is 5.02 Å². The van der Waals surface area contributed by atoms with Crippen LogP contribution in [0, 0.1) is 5.82 Å². The molecule has 0 aliphatic rings. The molecule has 1 rings (SSSR count). The maximum Gasteiger partial charge on any atom is 0.303 e. The first-order chi connectivity index (χ1) is 7.50. The Balaban J connectivity index is 2.54. The minimum atomic E-state index is -0.825. The molecule has 0 fully saturated rings. The van der Waals surface area contributed by atoms with Crippen molar-refractivity contribution >= 4 is 33.5 Å². The van der Waals surface area contributed by atoms with Gasteiger partial charge in [-0.2, -0.15) is 0 Å². The summed E-state index contributed by atoms with van der Waals surface area (Å²) < 4.78 is 13.9. The molecule has 1 aromatic rings. The van der Waals surface area contributed by atoms with Gasteiger partial charge in [-0.3, -0.25) is 4.79 Å². The van der Waals surface area contributed by atoms with Crippen LogP contribution in [-0.4, -0.2) is 11.1 Å². The lowest BCUT2D eigenvalue weighted by Gasteiger charge is -2.05. The fourth-order valence-corrected chi connectivity index (χ4v) is 1.85. The SMILES string of the molecule is O=C(O)CCCCc1cc(Cl)c(Br)cc1F. The summed E-state index contributed by atoms with van der Waals surface area (Å²) in [5.74, 6) is -1.14. The first kappa shape index (κ1) is 13.5. The number of benzene rings is 1. The Bertz CT molecular complexity index is 396. The summed E-state index contributed by atoms with van der Waals surface area (Å²) in [6.07, 6.45) is 1.81. The molecule has 0 aliphatic carbocycles. The Hall–Kier alpha value is -0.610. The van der Waals surface area contributed by atoms with Crippen LogP contribution in [-0.2, 0) is 11.2 Å². The molecule has 5 heteroatoms. The van der Waals surface area contributed by atoms with E-state index >= 15 is 0 Å². The maximum atomic E-state index is 13.4. The molecule has 0 radical (unpaired) electrons. The summed E-state index contributed by atoms with van der Waals surface area (Å²) in [6, 6.07) is 2.90. The number of carboxylic acids is 1. The zero-order valence-corrected chi connectivity index (χ0v) is 10.8. The molecule has 0 amide bonds. The number of aliphatic carboxylic acids is 1. The Labute approximate surface area is 107 Å². The van der Waals surface area contributed by atoms with Gasteiger partial charge in [0.25, 0.3) is 0 Å². The third-order valence-corrected chi connectivity index (χ3v) is 3.37. The van der Waals surface area contributed by atoms with E-state index in [0.717, 1.165) is 0 Å². The van der Waals surface area contributed by atoms with Crippen LogP contribution in [0.5, 0.6) is 0 Å². The number of hydrogen-bond acceptors (Lipinski definition) is 1. The minimum absolute atomic E-state index is 0.117. The molecule has 1 N–H and O–H groups in total. The molecule has 0 aromatic heterocycles. The van der Waals surface area contributed by atoms with Gasteiger partial charge >= 0.3 is 5.97 Å². The van der Waals surface area contributed by atoms with Gasteiger partial charge in [-0.1, -0.05) is 11.6 Å². The standard InChI is InChI=1S/C11H11BrClFO2/c12-8-6-10(14)7(5-9(8)13)3-1-2-4-11(15)16/h5-6H,1-4H2,(H,15,16). The van der Waals surface area contributed by atoms with Gasteiger partial charge in [0.2, 0.25) is 0 Å². The van der Waals surface area contributed by atoms with Crippen LogP contribution in [0.1, 0.15) is 24.8 Å². The van der Waals surface area contributed by atoms with E-state index in [1.54, 1.807) is 6.07 Å². The van der Waals surface area contributed by atoms with E-state index in [1.165, 1.54) is 6.07 Å². The van der Waals surface area contributed by atoms with Crippen LogP contribution in [0.15, 0.2) is 16.6 Å². The molecule has 0 unspecified atom stereocenters. The van der Waals surface area contributed by atoms with Crippen molar-refractivity contribution in [1.82, 2.24) is 0 Å². The smallest absolute Gasteiger partial charge is 0.303 e. The fraction of sp³-hybridized carbons (Fsp3) is 0.364. The summed E-state index contributed by atoms with van der Waals surface area (Å²) in [6.45, 7) is 0. The van der Waals surface area contributed by atoms with Crippen LogP contribution >= 0.6 is 27.5 Å². The van der Waals surface area contributed by atoms with Crippen LogP contribution in [0.4, 0.5) is 4.39 Å². The predicted octanol–water partition coefficient (Wildman–Crippen LogP) is 4.04. The lowest BCUT2D eigenvalue weighted by atomic mass is 10.1. The van der Waals surface area contributed by atoms with Gasteiger partial charge in [0.1, 0.15) is 5.82 Å². The molecular weight excluding hydrogens is 298 g/mol. The molecule has 0 saturated carbocycles. The highest BCUT2D eigenvalue weighted by atomic mass is 79.9. The van der Waals surface area contributed by atoms with E-state index in [4.69, 9.17) is 16.7 Å². The zero-order chi connectivity index (χ0) is 12.1. The van der Waals surface area contributed by atoms with Gasteiger partial charge in [0.15, 0.2) is 0 Å². The predicted molar refractivity (Wildman–Crippen MR) is 64.3 cm³/mol. The van der Waals surface area contributed by atoms with Crippen LogP contribution < -0.4 is 0 Å². The molecule has 1 aromatic carbocycles. The fourth-order valence-electron chi connectivity index (χ4n) is 1.35. The molecule has 0 saturated heterocycles. The van der Waals surface area contributed by atoms with Crippen molar-refractivity contribution in [2.45, 2.75) is 25.7 Å². The number of carboxylic acid groups (broad SMARTS) is 1. The molecule has 0 atom stereocenters. The van der Waals surface area contributed by atoms with Crippen molar-refractivity contribution in [1.29, 1.82) is 0 Å². The lowest BCUT2D eigenvalue weighted by molar-refractivity contribution is -0.137. The normalized spacial score (nSPS) is 10.4. The lowest BCUT2D eigenvalue weighted by Crippen LogP contribution is -1.96. The first-order valence-electron chi connectivity index (χ1n) is 4.86. The Morgan fingerprint density at radius 2 is 2.12 bits per heavy atom. The Morgan fingerprint density at radius 1 is 1.44 bits per heavy atom. The topological polar surface area (TPSA) is 37.3 Å². The van der Waals surface area contributed by atoms with Crippen LogP contribution in [0.25, 0.3) is 0 Å². The van der Waals surface area contributed by atoms with Crippen molar-refractivity contribution in [2.24, 2.45) is 0 Å². The molecule has 2 nitrogen and oxygen atoms in total. The molecule has 88 valence electrons. The first-order valence-corrected chi connectivity index (χ1v) is 6.03. The average Bonchev–Trinajstić information content (AvgIpc) is 2.19. The largest absolute Gasteiger partial charge is 0.481 e. The van der Waals surface area contributed by atoms with Crippen molar-refractivity contribution in [2.75, 3.05) is 0 Å². The number of halogens is 3. The van der Waals surface area contributed by atoms with Crippen LogP contribution in [0.3, 0.4) is 0 Å². The minimum Gasteiger partial charge on any atom is -0.481 e. The second-order valence-electron chi connectivity index (χ2n) is 3.46. The summed E-state index contributed by atoms with van der Waals surface area (Å²) in [5.41, 5.74) is 0.526. The van der Waals surface area contributed by atoms with E-state index < -0.39 is 5.97 Å². The highest BCUT2D eigenvalue weighted by Crippen LogP contribution is 2.26. The van der Waals surface area contributed by atoms with Crippen molar-refractivity contribution in [3.63, 3.8) is 0 Å². The molecule has 0 heterocycles. The van der Waals surface area contributed by atoms with Gasteiger partial charge in [-0.15, -0.1) is 0 Å². The molecule has 0 bridgehead atoms. The number of unbranched alkanes of at least 4 members (excludes halogenated alkanes) is 1. The van der Waals surface area contributed by atoms with Gasteiger partial charge < -0.3 is 5.11 Å². The van der Waals surface area contributed by atoms with E-state index in [2.05, 4.69) is 15.9 Å². The van der Waals surface area contributed by atoms with Gasteiger partial charge in [-0.05, 0) is 52.9 Å². The van der Waals surface area contributed by atoms with Gasteiger partial charge in [0, 0.05) is 10.9 Å². The van der Waals surface area contributed by atoms with Crippen molar-refractivity contribution in [3.05, 3.63) is 33.0 Å². The third-order valence-electron chi connectivity index (χ3n) is 2.18. The number of hydrogen-bond donors (Lipinski definition) is 1. The monoisotopic (exact) mass is 308 g/mol. The van der Waals surface area contributed by atoms with E-state index in [0.29, 0.717) is 34.3 Å². The van der Waals surface area contributed by atoms with Crippen molar-refractivity contribution in [3.8, 4) is 0 Å². The zero-order valence-electron chi connectivity index (χ0n) is 8.47. The van der Waals surface area contributed by atoms with Gasteiger partial charge in [-0.25, -0.2) is 4.39 Å². The molecular formula is C11H11BrClFO2. The Morgan fingerprint density at radius 3 is 2.75 bits per heavy atom. The number of rotatable bonds is 5. The van der Waals surface area contributed by atoms with E-state index in [-0.39, 0.29) is 12.2 Å². The second-order valence-corrected chi connectivity index (χ2v) is 4.72. The summed E-state index contributed by atoms with van der Waals surface area (Å²) in [7, 11) is 0.